The molecule has 2 rings (SSSR count). The summed E-state index contributed by atoms with van der Waals surface area (Å²) in [5.41, 5.74) is 1.63. The predicted molar refractivity (Wildman–Crippen MR) is 79.4 cm³/mol. The summed E-state index contributed by atoms with van der Waals surface area (Å²) in [6, 6.07) is 7.52. The summed E-state index contributed by atoms with van der Waals surface area (Å²) in [5, 5.41) is 21.0. The highest BCUT2D eigenvalue weighted by atomic mass is 16.5. The number of aliphatic carboxylic acids is 2. The molecule has 6 heteroatoms. The largest absolute Gasteiger partial charge is 0.496 e. The number of hydrogen-bond donors (Lipinski definition) is 3. The summed E-state index contributed by atoms with van der Waals surface area (Å²) >= 11 is 0. The molecule has 0 amide bonds. The van der Waals surface area contributed by atoms with Gasteiger partial charge in [0.1, 0.15) is 5.75 Å². The van der Waals surface area contributed by atoms with Gasteiger partial charge in [-0.05, 0) is 24.5 Å². The number of hydrogen-bond acceptors (Lipinski definition) is 4. The monoisotopic (exact) mass is 303 g/mol. The van der Waals surface area contributed by atoms with Crippen molar-refractivity contribution in [1.82, 2.24) is 5.32 Å². The third-order valence-corrected chi connectivity index (χ3v) is 3.52. The maximum absolute atomic E-state index is 11.3. The van der Waals surface area contributed by atoms with Crippen LogP contribution in [0.2, 0.25) is 0 Å². The number of nitrogens with one attached hydrogen (secondary N) is 1. The average Bonchev–Trinajstić information content (AvgIpc) is 2.52. The zero-order valence-corrected chi connectivity index (χ0v) is 12.1. The van der Waals surface area contributed by atoms with Crippen LogP contribution >= 0.6 is 0 Å². The summed E-state index contributed by atoms with van der Waals surface area (Å²) in [6.45, 7) is 0. The third-order valence-electron chi connectivity index (χ3n) is 3.52. The first kappa shape index (κ1) is 15.6. The van der Waals surface area contributed by atoms with Crippen molar-refractivity contribution in [2.45, 2.75) is 19.3 Å². The minimum atomic E-state index is -1.12. The molecule has 0 aromatic heterocycles. The Labute approximate surface area is 127 Å². The molecule has 0 radical (unpaired) electrons. The fourth-order valence-electron chi connectivity index (χ4n) is 2.34. The van der Waals surface area contributed by atoms with Gasteiger partial charge in [0.15, 0.2) is 0 Å². The lowest BCUT2D eigenvalue weighted by atomic mass is 9.97. The van der Waals surface area contributed by atoms with Crippen LogP contribution in [-0.2, 0) is 16.0 Å². The number of para-hydroxylation sites is 1. The van der Waals surface area contributed by atoms with Crippen LogP contribution in [0, 0.1) is 0 Å². The smallest absolute Gasteiger partial charge is 0.333 e. The van der Waals surface area contributed by atoms with E-state index in [2.05, 4.69) is 5.32 Å². The first-order chi connectivity index (χ1) is 10.5. The fourth-order valence-corrected chi connectivity index (χ4v) is 2.34. The summed E-state index contributed by atoms with van der Waals surface area (Å²) < 4.78 is 5.27. The van der Waals surface area contributed by atoms with Crippen LogP contribution in [0.1, 0.15) is 18.4 Å². The summed E-state index contributed by atoms with van der Waals surface area (Å²) in [7, 11) is 1.58. The standard InChI is InChI=1S/C16H17NO5/c1-22-14-5-3-2-4-10(14)6-7-13-12(16(20)21)8-11(9-17-13)15(18)19/h2-5,9,17H,6-8H2,1H3,(H,18,19)(H,20,21). The molecule has 1 aliphatic rings. The highest BCUT2D eigenvalue weighted by Crippen LogP contribution is 2.25. The second kappa shape index (κ2) is 6.80. The number of carboxylic acids is 2. The SMILES string of the molecule is COc1ccccc1CCC1=C(C(=O)O)CC(C(=O)O)=CN1. The van der Waals surface area contributed by atoms with E-state index in [0.29, 0.717) is 18.5 Å². The molecule has 116 valence electrons. The van der Waals surface area contributed by atoms with E-state index in [0.717, 1.165) is 11.3 Å². The maximum atomic E-state index is 11.3. The molecule has 0 bridgehead atoms. The number of benzene rings is 1. The Morgan fingerprint density at radius 3 is 2.55 bits per heavy atom. The van der Waals surface area contributed by atoms with Crippen LogP contribution in [0.15, 0.2) is 47.3 Å². The number of rotatable bonds is 6. The number of carboxylic acid groups (broad SMARTS) is 2. The minimum absolute atomic E-state index is 0.0402. The Morgan fingerprint density at radius 1 is 1.18 bits per heavy atom. The topological polar surface area (TPSA) is 95.9 Å². The van der Waals surface area contributed by atoms with Gasteiger partial charge in [-0.1, -0.05) is 18.2 Å². The summed E-state index contributed by atoms with van der Waals surface area (Å²) in [4.78, 5) is 22.3. The second-order valence-corrected chi connectivity index (χ2v) is 4.87. The van der Waals surface area contributed by atoms with Gasteiger partial charge in [0.25, 0.3) is 0 Å². The Kier molecular flexibility index (Phi) is 4.83. The molecule has 1 aliphatic heterocycles. The van der Waals surface area contributed by atoms with Gasteiger partial charge in [-0.2, -0.15) is 0 Å². The van der Waals surface area contributed by atoms with E-state index >= 15 is 0 Å². The van der Waals surface area contributed by atoms with E-state index < -0.39 is 11.9 Å². The quantitative estimate of drug-likeness (QED) is 0.743. The molecule has 1 aromatic rings. The molecule has 22 heavy (non-hydrogen) atoms. The molecule has 0 aliphatic carbocycles. The molecular formula is C16H17NO5. The van der Waals surface area contributed by atoms with Gasteiger partial charge in [-0.3, -0.25) is 0 Å². The highest BCUT2D eigenvalue weighted by Gasteiger charge is 2.23. The number of methoxy groups -OCH3 is 1. The lowest BCUT2D eigenvalue weighted by Gasteiger charge is -2.18. The van der Waals surface area contributed by atoms with Crippen LogP contribution in [-0.4, -0.2) is 29.3 Å². The number of allylic oxidation sites excluding steroid dienone is 1. The lowest BCUT2D eigenvalue weighted by molar-refractivity contribution is -0.133. The van der Waals surface area contributed by atoms with Gasteiger partial charge >= 0.3 is 11.9 Å². The van der Waals surface area contributed by atoms with E-state index in [1.54, 1.807) is 7.11 Å². The Hall–Kier alpha value is -2.76. The molecule has 0 saturated carbocycles. The maximum Gasteiger partial charge on any atom is 0.333 e. The summed E-state index contributed by atoms with van der Waals surface area (Å²) in [5.74, 6) is -1.47. The van der Waals surface area contributed by atoms with Gasteiger partial charge < -0.3 is 20.3 Å². The second-order valence-electron chi connectivity index (χ2n) is 4.87. The van der Waals surface area contributed by atoms with Crippen molar-refractivity contribution in [2.75, 3.05) is 7.11 Å². The van der Waals surface area contributed by atoms with Crippen LogP contribution in [0.3, 0.4) is 0 Å². The van der Waals surface area contributed by atoms with E-state index in [4.69, 9.17) is 9.84 Å². The number of aryl methyl sites for hydroxylation is 1. The number of dihydropyridines is 1. The van der Waals surface area contributed by atoms with Crippen molar-refractivity contribution in [3.05, 3.63) is 52.9 Å². The number of ether oxygens (including phenoxy) is 1. The first-order valence-electron chi connectivity index (χ1n) is 6.79. The van der Waals surface area contributed by atoms with E-state index in [9.17, 15) is 14.7 Å². The lowest BCUT2D eigenvalue weighted by Crippen LogP contribution is -2.22. The minimum Gasteiger partial charge on any atom is -0.496 e. The molecule has 1 heterocycles. The van der Waals surface area contributed by atoms with Crippen molar-refractivity contribution < 1.29 is 24.5 Å². The Morgan fingerprint density at radius 2 is 1.91 bits per heavy atom. The van der Waals surface area contributed by atoms with E-state index in [1.807, 2.05) is 24.3 Å². The van der Waals surface area contributed by atoms with Crippen LogP contribution in [0.25, 0.3) is 0 Å². The molecule has 1 aromatic carbocycles. The van der Waals surface area contributed by atoms with Gasteiger partial charge in [-0.15, -0.1) is 0 Å². The van der Waals surface area contributed by atoms with E-state index in [1.165, 1.54) is 6.20 Å². The van der Waals surface area contributed by atoms with Crippen LogP contribution in [0.4, 0.5) is 0 Å². The van der Waals surface area contributed by atoms with Gasteiger partial charge in [-0.25, -0.2) is 9.59 Å². The van der Waals surface area contributed by atoms with E-state index in [-0.39, 0.29) is 17.6 Å². The van der Waals surface area contributed by atoms with Gasteiger partial charge in [0.05, 0.1) is 18.3 Å². The normalized spacial score (nSPS) is 14.1. The highest BCUT2D eigenvalue weighted by molar-refractivity contribution is 5.94. The molecule has 6 nitrogen and oxygen atoms in total. The molecule has 3 N–H and O–H groups in total. The zero-order valence-electron chi connectivity index (χ0n) is 12.1. The van der Waals surface area contributed by atoms with Crippen molar-refractivity contribution >= 4 is 11.9 Å². The van der Waals surface area contributed by atoms with Crippen molar-refractivity contribution in [3.63, 3.8) is 0 Å². The van der Waals surface area contributed by atoms with Crippen molar-refractivity contribution in [2.24, 2.45) is 0 Å². The number of carbonyl (C=O) groups is 2. The fraction of sp³-hybridized carbons (Fsp3) is 0.250. The molecule has 0 fully saturated rings. The predicted octanol–water partition coefficient (Wildman–Crippen LogP) is 1.93. The first-order valence-corrected chi connectivity index (χ1v) is 6.79. The Balaban J connectivity index is 2.15. The third kappa shape index (κ3) is 3.46. The van der Waals surface area contributed by atoms with Crippen LogP contribution in [0.5, 0.6) is 5.75 Å². The average molecular weight is 303 g/mol. The molecule has 0 saturated heterocycles. The molecule has 0 atom stereocenters. The van der Waals surface area contributed by atoms with Gasteiger partial charge in [0, 0.05) is 18.3 Å². The van der Waals surface area contributed by atoms with Gasteiger partial charge in [0.2, 0.25) is 0 Å². The van der Waals surface area contributed by atoms with Crippen LogP contribution < -0.4 is 10.1 Å². The summed E-state index contributed by atoms with van der Waals surface area (Å²) in [6.07, 6.45) is 2.33. The molecular weight excluding hydrogens is 286 g/mol. The van der Waals surface area contributed by atoms with Crippen molar-refractivity contribution in [1.29, 1.82) is 0 Å². The molecule has 0 spiro atoms. The Bertz CT molecular complexity index is 660. The van der Waals surface area contributed by atoms with Crippen molar-refractivity contribution in [3.8, 4) is 5.75 Å². The zero-order chi connectivity index (χ0) is 16.1. The molecule has 0 unspecified atom stereocenters.